The van der Waals surface area contributed by atoms with E-state index in [1.54, 1.807) is 0 Å². The van der Waals surface area contributed by atoms with Crippen molar-refractivity contribution in [3.8, 4) is 0 Å². The molecular formula is C6H7ClFN3O. The molecule has 0 amide bonds. The van der Waals surface area contributed by atoms with Crippen molar-refractivity contribution < 1.29 is 9.18 Å². The number of nitrogens with two attached hydrogens (primary N) is 2. The van der Waals surface area contributed by atoms with Crippen molar-refractivity contribution in [2.75, 3.05) is 0 Å². The summed E-state index contributed by atoms with van der Waals surface area (Å²) in [7, 11) is 0. The van der Waals surface area contributed by atoms with Crippen LogP contribution in [-0.4, -0.2) is 11.9 Å². The number of rotatable bonds is 3. The van der Waals surface area contributed by atoms with Gasteiger partial charge >= 0.3 is 6.04 Å². The fraction of sp³-hybridized carbons (Fsp3) is 0. The molecule has 0 radical (unpaired) electrons. The molecule has 6 heteroatoms. The minimum atomic E-state index is -1.77. The average Bonchev–Trinajstić information content (AvgIpc) is 1.85. The van der Waals surface area contributed by atoms with Gasteiger partial charge in [-0.2, -0.15) is 4.39 Å². The van der Waals surface area contributed by atoms with Crippen LogP contribution in [0.1, 0.15) is 0 Å². The van der Waals surface area contributed by atoms with Crippen molar-refractivity contribution in [3.63, 3.8) is 0 Å². The molecule has 0 aromatic rings. The molecule has 66 valence electrons. The minimum Gasteiger partial charge on any atom is -0.404 e. The summed E-state index contributed by atoms with van der Waals surface area (Å²) in [6.07, 6.45) is 0.709. The molecule has 0 spiro atoms. The number of amidine groups is 1. The van der Waals surface area contributed by atoms with Crippen molar-refractivity contribution >= 4 is 23.5 Å². The van der Waals surface area contributed by atoms with Crippen LogP contribution in [0.4, 0.5) is 4.39 Å². The molecule has 12 heavy (non-hydrogen) atoms. The fourth-order valence-electron chi connectivity index (χ4n) is 0.443. The van der Waals surface area contributed by atoms with Gasteiger partial charge in [-0.05, 0) is 0 Å². The summed E-state index contributed by atoms with van der Waals surface area (Å²) in [5.41, 5.74) is 9.49. The Balaban J connectivity index is 4.78. The highest BCUT2D eigenvalue weighted by molar-refractivity contribution is 6.30. The lowest BCUT2D eigenvalue weighted by atomic mass is 10.3. The zero-order valence-corrected chi connectivity index (χ0v) is 6.81. The van der Waals surface area contributed by atoms with E-state index in [9.17, 15) is 9.18 Å². The first-order valence-electron chi connectivity index (χ1n) is 2.79. The van der Waals surface area contributed by atoms with E-state index in [-0.39, 0.29) is 5.16 Å². The van der Waals surface area contributed by atoms with Crippen molar-refractivity contribution in [1.29, 1.82) is 0 Å². The Kier molecular flexibility index (Phi) is 3.99. The average molecular weight is 192 g/mol. The molecule has 0 saturated carbocycles. The van der Waals surface area contributed by atoms with Crippen LogP contribution in [0.3, 0.4) is 0 Å². The first-order chi connectivity index (χ1) is 5.49. The molecule has 0 aliphatic heterocycles. The van der Waals surface area contributed by atoms with Gasteiger partial charge in [0.1, 0.15) is 16.6 Å². The van der Waals surface area contributed by atoms with E-state index in [4.69, 9.17) is 23.1 Å². The molecule has 0 rings (SSSR count). The maximum Gasteiger partial charge on any atom is 0.337 e. The number of carbonyl (C=O) groups excluding carboxylic acids is 1. The standard InChI is InChI=1S/C6H7ClFN3O/c1-3(7)11-6(10)4(2-9)5(8)12/h2H,1,9H2,(H2,10,11)/b4-2-. The highest BCUT2D eigenvalue weighted by Crippen LogP contribution is 2.02. The largest absolute Gasteiger partial charge is 0.404 e. The molecule has 0 aromatic carbocycles. The number of aliphatic imine (C=N–C) groups is 1. The lowest BCUT2D eigenvalue weighted by Crippen LogP contribution is -2.20. The van der Waals surface area contributed by atoms with Crippen molar-refractivity contribution in [2.45, 2.75) is 0 Å². The quantitative estimate of drug-likeness (QED) is 0.223. The zero-order chi connectivity index (χ0) is 9.72. The van der Waals surface area contributed by atoms with Gasteiger partial charge < -0.3 is 11.5 Å². The topological polar surface area (TPSA) is 81.5 Å². The minimum absolute atomic E-state index is 0.159. The van der Waals surface area contributed by atoms with Gasteiger partial charge in [0, 0.05) is 6.20 Å². The molecule has 4 nitrogen and oxygen atoms in total. The molecular weight excluding hydrogens is 185 g/mol. The summed E-state index contributed by atoms with van der Waals surface area (Å²) in [4.78, 5) is 13.5. The lowest BCUT2D eigenvalue weighted by molar-refractivity contribution is -0.124. The van der Waals surface area contributed by atoms with Crippen LogP contribution in [0.15, 0.2) is 28.5 Å². The van der Waals surface area contributed by atoms with Crippen molar-refractivity contribution in [1.82, 2.24) is 0 Å². The second kappa shape index (κ2) is 4.50. The van der Waals surface area contributed by atoms with Crippen molar-refractivity contribution in [3.05, 3.63) is 23.5 Å². The van der Waals surface area contributed by atoms with Crippen LogP contribution in [0, 0.1) is 0 Å². The van der Waals surface area contributed by atoms with E-state index < -0.39 is 17.4 Å². The van der Waals surface area contributed by atoms with Gasteiger partial charge in [-0.1, -0.05) is 18.2 Å². The molecule has 0 aromatic heterocycles. The normalized spacial score (nSPS) is 12.8. The second-order valence-electron chi connectivity index (χ2n) is 1.73. The van der Waals surface area contributed by atoms with Gasteiger partial charge in [0.2, 0.25) is 0 Å². The Labute approximate surface area is 73.4 Å². The Bertz CT molecular complexity index is 272. The van der Waals surface area contributed by atoms with Gasteiger partial charge in [-0.25, -0.2) is 4.99 Å². The van der Waals surface area contributed by atoms with Crippen LogP contribution >= 0.6 is 11.6 Å². The van der Waals surface area contributed by atoms with E-state index in [1.165, 1.54) is 0 Å². The highest BCUT2D eigenvalue weighted by Gasteiger charge is 2.11. The smallest absolute Gasteiger partial charge is 0.337 e. The third-order valence-corrected chi connectivity index (χ3v) is 0.981. The molecule has 0 atom stereocenters. The molecule has 0 heterocycles. The van der Waals surface area contributed by atoms with Gasteiger partial charge in [0.25, 0.3) is 0 Å². The van der Waals surface area contributed by atoms with Gasteiger partial charge in [0.15, 0.2) is 0 Å². The highest BCUT2D eigenvalue weighted by atomic mass is 35.5. The Morgan fingerprint density at radius 3 is 2.42 bits per heavy atom. The number of halogens is 2. The van der Waals surface area contributed by atoms with E-state index in [1.807, 2.05) is 0 Å². The Morgan fingerprint density at radius 1 is 1.67 bits per heavy atom. The molecule has 0 saturated heterocycles. The molecule has 0 aliphatic rings. The maximum atomic E-state index is 12.0. The fourth-order valence-corrected chi connectivity index (χ4v) is 0.534. The first kappa shape index (κ1) is 10.6. The summed E-state index contributed by atoms with van der Waals surface area (Å²) in [5, 5.41) is -0.159. The second-order valence-corrected chi connectivity index (χ2v) is 2.16. The van der Waals surface area contributed by atoms with Crippen LogP contribution in [0.2, 0.25) is 0 Å². The third-order valence-electron chi connectivity index (χ3n) is 0.896. The van der Waals surface area contributed by atoms with Crippen LogP contribution in [0.5, 0.6) is 0 Å². The molecule has 4 N–H and O–H groups in total. The molecule has 0 aliphatic carbocycles. The summed E-state index contributed by atoms with van der Waals surface area (Å²) < 4.78 is 12.0. The van der Waals surface area contributed by atoms with Gasteiger partial charge in [-0.3, -0.25) is 4.79 Å². The maximum absolute atomic E-state index is 12.0. The lowest BCUT2D eigenvalue weighted by Gasteiger charge is -1.97. The SMILES string of the molecule is C=C(Cl)N=C(N)/C(=C\N)C(=O)F. The summed E-state index contributed by atoms with van der Waals surface area (Å²) in [6, 6.07) is -1.77. The van der Waals surface area contributed by atoms with Gasteiger partial charge in [-0.15, -0.1) is 0 Å². The van der Waals surface area contributed by atoms with E-state index in [0.717, 1.165) is 0 Å². The Morgan fingerprint density at radius 2 is 2.17 bits per heavy atom. The van der Waals surface area contributed by atoms with Crippen LogP contribution in [-0.2, 0) is 4.79 Å². The Hall–Kier alpha value is -1.36. The van der Waals surface area contributed by atoms with E-state index >= 15 is 0 Å². The molecule has 0 fully saturated rings. The molecule has 0 bridgehead atoms. The third kappa shape index (κ3) is 3.16. The predicted octanol–water partition coefficient (Wildman–Crippen LogP) is 0.392. The first-order valence-corrected chi connectivity index (χ1v) is 3.17. The van der Waals surface area contributed by atoms with E-state index in [0.29, 0.717) is 6.20 Å². The molecule has 0 unspecified atom stereocenters. The summed E-state index contributed by atoms with van der Waals surface area (Å²) >= 11 is 5.21. The summed E-state index contributed by atoms with van der Waals surface area (Å²) in [6.45, 7) is 3.17. The number of carbonyl (C=O) groups is 1. The van der Waals surface area contributed by atoms with E-state index in [2.05, 4.69) is 11.6 Å². The van der Waals surface area contributed by atoms with Crippen molar-refractivity contribution in [2.24, 2.45) is 16.5 Å². The zero-order valence-electron chi connectivity index (χ0n) is 6.05. The van der Waals surface area contributed by atoms with Gasteiger partial charge in [0.05, 0.1) is 0 Å². The number of nitrogens with zero attached hydrogens (tertiary/aromatic N) is 1. The number of hydrogen-bond donors (Lipinski definition) is 2. The number of hydrogen-bond acceptors (Lipinski definition) is 3. The predicted molar refractivity (Wildman–Crippen MR) is 45.0 cm³/mol. The van der Waals surface area contributed by atoms with Crippen LogP contribution < -0.4 is 11.5 Å². The monoisotopic (exact) mass is 191 g/mol. The summed E-state index contributed by atoms with van der Waals surface area (Å²) in [5.74, 6) is -0.398. The van der Waals surface area contributed by atoms with Crippen LogP contribution in [0.25, 0.3) is 0 Å².